The highest BCUT2D eigenvalue weighted by atomic mass is 16.5. The van der Waals surface area contributed by atoms with Gasteiger partial charge in [0.2, 0.25) is 0 Å². The van der Waals surface area contributed by atoms with Crippen molar-refractivity contribution in [2.75, 3.05) is 13.2 Å². The fourth-order valence-corrected chi connectivity index (χ4v) is 4.48. The third kappa shape index (κ3) is 2.71. The molecule has 1 aromatic carbocycles. The Balaban J connectivity index is 1.41. The van der Waals surface area contributed by atoms with Crippen LogP contribution in [0.5, 0.6) is 0 Å². The zero-order chi connectivity index (χ0) is 17.6. The Labute approximate surface area is 153 Å². The molecule has 1 atom stereocenters. The van der Waals surface area contributed by atoms with Crippen LogP contribution >= 0.6 is 0 Å². The Morgan fingerprint density at radius 1 is 1.12 bits per heavy atom. The number of hydrogen-bond donors (Lipinski definition) is 1. The first-order valence-electron chi connectivity index (χ1n) is 9.54. The third-order valence-electron chi connectivity index (χ3n) is 6.16. The predicted octanol–water partition coefficient (Wildman–Crippen LogP) is 3.18. The van der Waals surface area contributed by atoms with Crippen LogP contribution in [0, 0.1) is 5.41 Å². The molecule has 26 heavy (non-hydrogen) atoms. The summed E-state index contributed by atoms with van der Waals surface area (Å²) in [5, 5.41) is 3.30. The lowest BCUT2D eigenvalue weighted by Gasteiger charge is -2.39. The van der Waals surface area contributed by atoms with Crippen LogP contribution in [-0.2, 0) is 11.2 Å². The van der Waals surface area contributed by atoms with Crippen LogP contribution in [0.3, 0.4) is 0 Å². The van der Waals surface area contributed by atoms with E-state index >= 15 is 0 Å². The Bertz CT molecular complexity index is 823. The topological polar surface area (TPSA) is 64.1 Å². The average molecular weight is 349 g/mol. The molecule has 5 heteroatoms. The molecule has 1 aromatic heterocycles. The predicted molar refractivity (Wildman–Crippen MR) is 96.8 cm³/mol. The van der Waals surface area contributed by atoms with Crippen molar-refractivity contribution < 1.29 is 9.53 Å². The summed E-state index contributed by atoms with van der Waals surface area (Å²) in [6.07, 6.45) is 8.63. The second-order valence-electron chi connectivity index (χ2n) is 7.86. The minimum Gasteiger partial charge on any atom is -0.381 e. The summed E-state index contributed by atoms with van der Waals surface area (Å²) < 4.78 is 5.60. The quantitative estimate of drug-likeness (QED) is 0.924. The van der Waals surface area contributed by atoms with Gasteiger partial charge in [-0.3, -0.25) is 4.79 Å². The van der Waals surface area contributed by atoms with Gasteiger partial charge in [0, 0.05) is 36.9 Å². The van der Waals surface area contributed by atoms with Crippen LogP contribution < -0.4 is 5.32 Å². The van der Waals surface area contributed by atoms with E-state index in [1.807, 2.05) is 0 Å². The van der Waals surface area contributed by atoms with Gasteiger partial charge in [-0.15, -0.1) is 0 Å². The molecule has 1 spiro atoms. The van der Waals surface area contributed by atoms with Crippen molar-refractivity contribution in [2.24, 2.45) is 5.41 Å². The highest BCUT2D eigenvalue weighted by Crippen LogP contribution is 2.51. The van der Waals surface area contributed by atoms with E-state index in [1.165, 1.54) is 11.1 Å². The van der Waals surface area contributed by atoms with Gasteiger partial charge in [0.25, 0.3) is 5.91 Å². The summed E-state index contributed by atoms with van der Waals surface area (Å²) >= 11 is 0. The summed E-state index contributed by atoms with van der Waals surface area (Å²) in [7, 11) is 0. The minimum absolute atomic E-state index is 0.0261. The molecule has 1 aliphatic heterocycles. The fourth-order valence-electron chi connectivity index (χ4n) is 4.48. The molecule has 0 bridgehead atoms. The molecule has 134 valence electrons. The second kappa shape index (κ2) is 6.16. The van der Waals surface area contributed by atoms with E-state index in [4.69, 9.17) is 4.74 Å². The molecule has 0 radical (unpaired) electrons. The Kier molecular flexibility index (Phi) is 3.78. The summed E-state index contributed by atoms with van der Waals surface area (Å²) in [4.78, 5) is 21.7. The standard InChI is InChI=1S/C21H23N3O2/c25-20(16-12-22-19(23-13-16)14-5-6-14)24-18-17-4-2-1-3-15(17)11-21(18)7-9-26-10-8-21/h1-4,12-14,18H,5-11H2,(H,24,25)/t18-/m0/s1. The zero-order valence-corrected chi connectivity index (χ0v) is 14.8. The summed E-state index contributed by atoms with van der Waals surface area (Å²) in [5.74, 6) is 1.29. The molecule has 1 amide bonds. The molecule has 2 fully saturated rings. The number of ether oxygens (including phenoxy) is 1. The maximum atomic E-state index is 12.9. The van der Waals surface area contributed by atoms with Crippen molar-refractivity contribution in [3.8, 4) is 0 Å². The van der Waals surface area contributed by atoms with Gasteiger partial charge in [0.1, 0.15) is 5.82 Å². The average Bonchev–Trinajstić information content (AvgIpc) is 3.49. The van der Waals surface area contributed by atoms with E-state index in [1.54, 1.807) is 12.4 Å². The number of benzene rings is 1. The molecule has 2 heterocycles. The van der Waals surface area contributed by atoms with Gasteiger partial charge in [-0.25, -0.2) is 9.97 Å². The van der Waals surface area contributed by atoms with Crippen LogP contribution in [0.2, 0.25) is 0 Å². The number of nitrogens with one attached hydrogen (secondary N) is 1. The normalized spacial score (nSPS) is 23.6. The number of fused-ring (bicyclic) bond motifs is 1. The third-order valence-corrected chi connectivity index (χ3v) is 6.16. The molecule has 2 aromatic rings. The van der Waals surface area contributed by atoms with Crippen molar-refractivity contribution in [2.45, 2.75) is 44.1 Å². The van der Waals surface area contributed by atoms with Crippen molar-refractivity contribution in [3.05, 3.63) is 59.2 Å². The number of nitrogens with zero attached hydrogens (tertiary/aromatic N) is 2. The zero-order valence-electron chi connectivity index (χ0n) is 14.8. The maximum Gasteiger partial charge on any atom is 0.254 e. The first-order chi connectivity index (χ1) is 12.8. The molecule has 3 aliphatic rings. The van der Waals surface area contributed by atoms with Gasteiger partial charge in [-0.05, 0) is 43.2 Å². The largest absolute Gasteiger partial charge is 0.381 e. The number of carbonyl (C=O) groups excluding carboxylic acids is 1. The minimum atomic E-state index is -0.0834. The van der Waals surface area contributed by atoms with Gasteiger partial charge in [-0.2, -0.15) is 0 Å². The van der Waals surface area contributed by atoms with E-state index in [2.05, 4.69) is 39.6 Å². The number of rotatable bonds is 3. The smallest absolute Gasteiger partial charge is 0.254 e. The molecule has 1 saturated carbocycles. The number of aromatic nitrogens is 2. The van der Waals surface area contributed by atoms with Crippen molar-refractivity contribution >= 4 is 5.91 Å². The summed E-state index contributed by atoms with van der Waals surface area (Å²) in [6.45, 7) is 1.53. The molecular formula is C21H23N3O2. The van der Waals surface area contributed by atoms with Crippen molar-refractivity contribution in [1.29, 1.82) is 0 Å². The molecule has 5 nitrogen and oxygen atoms in total. The van der Waals surface area contributed by atoms with Gasteiger partial charge in [0.15, 0.2) is 0 Å². The Hall–Kier alpha value is -2.27. The van der Waals surface area contributed by atoms with Gasteiger partial charge >= 0.3 is 0 Å². The van der Waals surface area contributed by atoms with Crippen LogP contribution in [-0.4, -0.2) is 29.1 Å². The van der Waals surface area contributed by atoms with E-state index < -0.39 is 0 Å². The second-order valence-corrected chi connectivity index (χ2v) is 7.86. The molecule has 1 saturated heterocycles. The molecule has 2 aliphatic carbocycles. The van der Waals surface area contributed by atoms with Crippen LogP contribution in [0.4, 0.5) is 0 Å². The SMILES string of the molecule is O=C(N[C@H]1c2ccccc2CC12CCOCC2)c1cnc(C2CC2)nc1. The lowest BCUT2D eigenvalue weighted by atomic mass is 9.74. The van der Waals surface area contributed by atoms with Gasteiger partial charge in [-0.1, -0.05) is 24.3 Å². The Morgan fingerprint density at radius 3 is 2.58 bits per heavy atom. The van der Waals surface area contributed by atoms with E-state index in [9.17, 15) is 4.79 Å². The van der Waals surface area contributed by atoms with Crippen LogP contribution in [0.1, 0.15) is 65.0 Å². The molecular weight excluding hydrogens is 326 g/mol. The lowest BCUT2D eigenvalue weighted by Crippen LogP contribution is -2.42. The maximum absolute atomic E-state index is 12.9. The molecule has 0 unspecified atom stereocenters. The highest BCUT2D eigenvalue weighted by molar-refractivity contribution is 5.94. The highest BCUT2D eigenvalue weighted by Gasteiger charge is 2.47. The number of hydrogen-bond acceptors (Lipinski definition) is 4. The van der Waals surface area contributed by atoms with E-state index in [0.29, 0.717) is 11.5 Å². The first-order valence-corrected chi connectivity index (χ1v) is 9.54. The van der Waals surface area contributed by atoms with E-state index in [0.717, 1.165) is 51.1 Å². The fraction of sp³-hybridized carbons (Fsp3) is 0.476. The van der Waals surface area contributed by atoms with Gasteiger partial charge in [0.05, 0.1) is 11.6 Å². The summed E-state index contributed by atoms with van der Waals surface area (Å²) in [5.41, 5.74) is 3.20. The number of amides is 1. The van der Waals surface area contributed by atoms with Crippen molar-refractivity contribution in [1.82, 2.24) is 15.3 Å². The lowest BCUT2D eigenvalue weighted by molar-refractivity contribution is 0.000544. The van der Waals surface area contributed by atoms with Crippen molar-refractivity contribution in [3.63, 3.8) is 0 Å². The number of carbonyl (C=O) groups is 1. The van der Waals surface area contributed by atoms with Gasteiger partial charge < -0.3 is 10.1 Å². The monoisotopic (exact) mass is 349 g/mol. The van der Waals surface area contributed by atoms with E-state index in [-0.39, 0.29) is 17.4 Å². The molecule has 1 N–H and O–H groups in total. The van der Waals surface area contributed by atoms with Crippen LogP contribution in [0.15, 0.2) is 36.7 Å². The summed E-state index contributed by atoms with van der Waals surface area (Å²) in [6, 6.07) is 8.51. The Morgan fingerprint density at radius 2 is 1.85 bits per heavy atom. The van der Waals surface area contributed by atoms with Crippen LogP contribution in [0.25, 0.3) is 0 Å². The first kappa shape index (κ1) is 15.9. The molecule has 5 rings (SSSR count).